The number of hydrogen-bond acceptors (Lipinski definition) is 2. The van der Waals surface area contributed by atoms with Crippen molar-refractivity contribution in [1.29, 1.82) is 0 Å². The number of ketones is 1. The first-order chi connectivity index (χ1) is 14.2. The van der Waals surface area contributed by atoms with Crippen LogP contribution in [-0.2, 0) is 0 Å². The molecule has 5 aromatic rings. The number of carbonyl (C=O) groups is 1. The van der Waals surface area contributed by atoms with E-state index >= 15 is 0 Å². The monoisotopic (exact) mass is 373 g/mol. The van der Waals surface area contributed by atoms with E-state index in [4.69, 9.17) is 5.53 Å². The van der Waals surface area contributed by atoms with Gasteiger partial charge in [-0.25, -0.2) is 0 Å². The van der Waals surface area contributed by atoms with Crippen molar-refractivity contribution < 1.29 is 4.79 Å². The average molecular weight is 373 g/mol. The average Bonchev–Trinajstić information content (AvgIpc) is 2.77. The van der Waals surface area contributed by atoms with Gasteiger partial charge in [0.15, 0.2) is 5.78 Å². The molecule has 0 N–H and O–H groups in total. The zero-order valence-corrected chi connectivity index (χ0v) is 15.4. The molecule has 5 rings (SSSR count). The van der Waals surface area contributed by atoms with Gasteiger partial charge in [-0.15, -0.1) is 0 Å². The van der Waals surface area contributed by atoms with Crippen molar-refractivity contribution in [2.45, 2.75) is 0 Å². The largest absolute Gasteiger partial charge is 0.289 e. The highest BCUT2D eigenvalue weighted by Gasteiger charge is 2.10. The second-order valence-corrected chi connectivity index (χ2v) is 6.94. The lowest BCUT2D eigenvalue weighted by atomic mass is 9.92. The standard InChI is InChI=1S/C25H15N3O/c26-28-27-21-12-8-17(9-13-21)23(29)15-11-16-4-5-20-7-6-18-2-1-3-19-10-14-22(16)25(20)24(18)19/h1-15H/b15-11-. The third-order valence-corrected chi connectivity index (χ3v) is 5.29. The molecule has 0 bridgehead atoms. The first kappa shape index (κ1) is 17.0. The van der Waals surface area contributed by atoms with Crippen LogP contribution in [0.15, 0.2) is 90.1 Å². The maximum Gasteiger partial charge on any atom is 0.185 e. The smallest absolute Gasteiger partial charge is 0.185 e. The molecule has 0 spiro atoms. The summed E-state index contributed by atoms with van der Waals surface area (Å²) in [5, 5.41) is 10.8. The van der Waals surface area contributed by atoms with Gasteiger partial charge in [0.2, 0.25) is 0 Å². The van der Waals surface area contributed by atoms with Crippen LogP contribution in [0.5, 0.6) is 0 Å². The Hall–Kier alpha value is -4.14. The van der Waals surface area contributed by atoms with Crippen LogP contribution >= 0.6 is 0 Å². The van der Waals surface area contributed by atoms with Crippen LogP contribution < -0.4 is 0 Å². The molecule has 0 saturated heterocycles. The van der Waals surface area contributed by atoms with E-state index in [0.717, 1.165) is 10.9 Å². The van der Waals surface area contributed by atoms with Gasteiger partial charge >= 0.3 is 0 Å². The van der Waals surface area contributed by atoms with E-state index in [1.807, 2.05) is 6.08 Å². The fourth-order valence-corrected chi connectivity index (χ4v) is 3.91. The lowest BCUT2D eigenvalue weighted by molar-refractivity contribution is 0.104. The zero-order valence-electron chi connectivity index (χ0n) is 15.4. The van der Waals surface area contributed by atoms with E-state index in [0.29, 0.717) is 11.3 Å². The third-order valence-electron chi connectivity index (χ3n) is 5.29. The molecule has 0 amide bonds. The van der Waals surface area contributed by atoms with Crippen molar-refractivity contribution in [1.82, 2.24) is 0 Å². The summed E-state index contributed by atoms with van der Waals surface area (Å²) in [4.78, 5) is 15.3. The molecule has 0 aliphatic carbocycles. The molecule has 5 aromatic carbocycles. The highest BCUT2D eigenvalue weighted by atomic mass is 16.1. The van der Waals surface area contributed by atoms with Gasteiger partial charge in [-0.2, -0.15) is 0 Å². The van der Waals surface area contributed by atoms with Crippen molar-refractivity contribution in [3.05, 3.63) is 107 Å². The Morgan fingerprint density at radius 3 is 2.17 bits per heavy atom. The molecular weight excluding hydrogens is 358 g/mol. The summed E-state index contributed by atoms with van der Waals surface area (Å²) in [6, 6.07) is 25.7. The van der Waals surface area contributed by atoms with Crippen LogP contribution in [0.4, 0.5) is 5.69 Å². The Morgan fingerprint density at radius 2 is 1.45 bits per heavy atom. The van der Waals surface area contributed by atoms with Crippen LogP contribution in [0, 0.1) is 0 Å². The van der Waals surface area contributed by atoms with Gasteiger partial charge in [-0.1, -0.05) is 90.1 Å². The number of allylic oxidation sites excluding steroid dienone is 1. The topological polar surface area (TPSA) is 65.8 Å². The van der Waals surface area contributed by atoms with Crippen LogP contribution in [0.3, 0.4) is 0 Å². The highest BCUT2D eigenvalue weighted by molar-refractivity contribution is 6.24. The predicted molar refractivity (Wildman–Crippen MR) is 119 cm³/mol. The fourth-order valence-electron chi connectivity index (χ4n) is 3.91. The van der Waals surface area contributed by atoms with Crippen molar-refractivity contribution in [2.24, 2.45) is 5.11 Å². The van der Waals surface area contributed by atoms with Crippen LogP contribution in [0.25, 0.3) is 48.8 Å². The van der Waals surface area contributed by atoms with Gasteiger partial charge < -0.3 is 0 Å². The molecule has 0 unspecified atom stereocenters. The van der Waals surface area contributed by atoms with Crippen LogP contribution in [-0.4, -0.2) is 5.78 Å². The summed E-state index contributed by atoms with van der Waals surface area (Å²) in [6.07, 6.45) is 3.46. The van der Waals surface area contributed by atoms with Gasteiger partial charge in [0.1, 0.15) is 0 Å². The van der Waals surface area contributed by atoms with Crippen molar-refractivity contribution >= 4 is 49.9 Å². The molecule has 29 heavy (non-hydrogen) atoms. The number of carbonyl (C=O) groups excluding carboxylic acids is 1. The summed E-state index contributed by atoms with van der Waals surface area (Å²) in [5.41, 5.74) is 10.5. The number of rotatable bonds is 4. The Labute approximate surface area is 166 Å². The van der Waals surface area contributed by atoms with Crippen molar-refractivity contribution in [3.63, 3.8) is 0 Å². The Balaban J connectivity index is 1.58. The molecule has 0 atom stereocenters. The zero-order chi connectivity index (χ0) is 19.8. The molecule has 4 nitrogen and oxygen atoms in total. The Bertz CT molecular complexity index is 1440. The fraction of sp³-hybridized carbons (Fsp3) is 0. The number of nitrogens with zero attached hydrogens (tertiary/aromatic N) is 3. The first-order valence-electron chi connectivity index (χ1n) is 9.29. The summed E-state index contributed by atoms with van der Waals surface area (Å²) < 4.78 is 0. The maximum absolute atomic E-state index is 12.6. The second kappa shape index (κ2) is 6.79. The molecule has 4 heteroatoms. The molecular formula is C25H15N3O. The summed E-state index contributed by atoms with van der Waals surface area (Å²) >= 11 is 0. The molecule has 0 aliphatic rings. The SMILES string of the molecule is [N-]=[N+]=Nc1ccc(C(=O)/C=C\c2ccc3ccc4cccc5ccc2c3c45)cc1. The third kappa shape index (κ3) is 2.89. The lowest BCUT2D eigenvalue weighted by Gasteiger charge is -2.12. The summed E-state index contributed by atoms with van der Waals surface area (Å²) in [7, 11) is 0. The molecule has 0 radical (unpaired) electrons. The van der Waals surface area contributed by atoms with E-state index in [1.54, 1.807) is 30.3 Å². The van der Waals surface area contributed by atoms with E-state index < -0.39 is 0 Å². The maximum atomic E-state index is 12.6. The minimum Gasteiger partial charge on any atom is -0.289 e. The normalized spacial score (nSPS) is 11.4. The van der Waals surface area contributed by atoms with Gasteiger partial charge in [0, 0.05) is 16.2 Å². The first-order valence-corrected chi connectivity index (χ1v) is 9.29. The molecule has 136 valence electrons. The lowest BCUT2D eigenvalue weighted by Crippen LogP contribution is -1.93. The predicted octanol–water partition coefficient (Wildman–Crippen LogP) is 7.42. The van der Waals surface area contributed by atoms with Crippen molar-refractivity contribution in [3.8, 4) is 0 Å². The minimum atomic E-state index is -0.0943. The van der Waals surface area contributed by atoms with Gasteiger partial charge in [-0.3, -0.25) is 4.79 Å². The molecule has 0 fully saturated rings. The number of azide groups is 1. The quantitative estimate of drug-likeness (QED) is 0.0807. The molecule has 0 saturated carbocycles. The number of hydrogen-bond donors (Lipinski definition) is 0. The van der Waals surface area contributed by atoms with E-state index in [1.165, 1.54) is 26.9 Å². The summed E-state index contributed by atoms with van der Waals surface area (Å²) in [6.45, 7) is 0. The van der Waals surface area contributed by atoms with Crippen LogP contribution in [0.1, 0.15) is 15.9 Å². The second-order valence-electron chi connectivity index (χ2n) is 6.94. The molecule has 0 heterocycles. The molecule has 0 aliphatic heterocycles. The summed E-state index contributed by atoms with van der Waals surface area (Å²) in [5.74, 6) is -0.0943. The Kier molecular flexibility index (Phi) is 3.98. The van der Waals surface area contributed by atoms with Gasteiger partial charge in [0.25, 0.3) is 0 Å². The van der Waals surface area contributed by atoms with E-state index in [9.17, 15) is 4.79 Å². The minimum absolute atomic E-state index is 0.0943. The number of benzene rings is 5. The Morgan fingerprint density at radius 1 is 0.793 bits per heavy atom. The van der Waals surface area contributed by atoms with Gasteiger partial charge in [-0.05, 0) is 49.5 Å². The van der Waals surface area contributed by atoms with E-state index in [-0.39, 0.29) is 5.78 Å². The van der Waals surface area contributed by atoms with E-state index in [2.05, 4.69) is 64.6 Å². The van der Waals surface area contributed by atoms with Crippen molar-refractivity contribution in [2.75, 3.05) is 0 Å². The molecule has 0 aromatic heterocycles. The highest BCUT2D eigenvalue weighted by Crippen LogP contribution is 2.36. The van der Waals surface area contributed by atoms with Crippen LogP contribution in [0.2, 0.25) is 0 Å². The van der Waals surface area contributed by atoms with Gasteiger partial charge in [0.05, 0.1) is 0 Å².